The lowest BCUT2D eigenvalue weighted by Gasteiger charge is -2.26. The molecule has 1 rings (SSSR count). The summed E-state index contributed by atoms with van der Waals surface area (Å²) < 4.78 is 11.7. The van der Waals surface area contributed by atoms with E-state index in [1.807, 2.05) is 26.3 Å². The monoisotopic (exact) mass is 432 g/mol. The molecule has 0 aliphatic carbocycles. The zero-order valence-electron chi connectivity index (χ0n) is 22.3. The third kappa shape index (κ3) is 15.9. The summed E-state index contributed by atoms with van der Waals surface area (Å²) >= 11 is 0. The van der Waals surface area contributed by atoms with E-state index in [9.17, 15) is 0 Å². The first-order chi connectivity index (χ1) is 14.1. The average molecular weight is 433 g/mol. The van der Waals surface area contributed by atoms with Gasteiger partial charge in [0.1, 0.15) is 0 Å². The quantitative estimate of drug-likeness (QED) is 0.390. The van der Waals surface area contributed by atoms with Crippen molar-refractivity contribution in [1.82, 2.24) is 0 Å². The second-order valence-corrected chi connectivity index (χ2v) is 10.9. The van der Waals surface area contributed by atoms with Crippen molar-refractivity contribution >= 4 is 12.4 Å². The summed E-state index contributed by atoms with van der Waals surface area (Å²) in [5, 5.41) is 0. The maximum Gasteiger partial charge on any atom is 0.0785 e. The van der Waals surface area contributed by atoms with Crippen molar-refractivity contribution in [1.29, 1.82) is 0 Å². The molecule has 1 aromatic rings. The van der Waals surface area contributed by atoms with Crippen molar-refractivity contribution in [2.45, 2.75) is 112 Å². The molecule has 31 heavy (non-hydrogen) atoms. The van der Waals surface area contributed by atoms with Gasteiger partial charge in [-0.05, 0) is 86.8 Å². The largest absolute Gasteiger partial charge is 0.376 e. The predicted octanol–water partition coefficient (Wildman–Crippen LogP) is 7.13. The van der Waals surface area contributed by atoms with Crippen LogP contribution in [0, 0.1) is 0 Å². The highest BCUT2D eigenvalue weighted by Crippen LogP contribution is 2.18. The molecule has 4 heteroatoms. The number of ether oxygens (including phenoxy) is 2. The van der Waals surface area contributed by atoms with Crippen LogP contribution in [0.15, 0.2) is 34.3 Å². The van der Waals surface area contributed by atoms with Gasteiger partial charge in [-0.25, -0.2) is 0 Å². The van der Waals surface area contributed by atoms with E-state index in [4.69, 9.17) is 19.5 Å². The second kappa shape index (κ2) is 12.5. The molecule has 0 saturated carbocycles. The fourth-order valence-electron chi connectivity index (χ4n) is 2.27. The molecule has 0 amide bonds. The molecule has 0 aliphatic rings. The summed E-state index contributed by atoms with van der Waals surface area (Å²) in [5.41, 5.74) is 1.49. The van der Waals surface area contributed by atoms with Crippen LogP contribution in [0.1, 0.15) is 101 Å². The molecule has 1 aromatic carbocycles. The molecule has 4 nitrogen and oxygen atoms in total. The van der Waals surface area contributed by atoms with E-state index in [1.54, 1.807) is 0 Å². The van der Waals surface area contributed by atoms with Gasteiger partial charge in [0.25, 0.3) is 0 Å². The minimum Gasteiger partial charge on any atom is -0.376 e. The topological polar surface area (TPSA) is 43.2 Å². The molecular formula is C27H48N2O2. The second-order valence-electron chi connectivity index (χ2n) is 10.9. The van der Waals surface area contributed by atoms with E-state index in [-0.39, 0.29) is 22.3 Å². The normalized spacial score (nSPS) is 13.5. The molecule has 178 valence electrons. The Kier molecular flexibility index (Phi) is 11.9. The molecular weight excluding hydrogens is 384 g/mol. The molecule has 0 saturated heterocycles. The van der Waals surface area contributed by atoms with E-state index in [2.05, 4.69) is 93.5 Å². The van der Waals surface area contributed by atoms with Gasteiger partial charge in [-0.3, -0.25) is 9.98 Å². The van der Waals surface area contributed by atoms with E-state index in [0.29, 0.717) is 13.2 Å². The Morgan fingerprint density at radius 1 is 0.645 bits per heavy atom. The lowest BCUT2D eigenvalue weighted by Crippen LogP contribution is -2.31. The minimum absolute atomic E-state index is 0.107. The van der Waals surface area contributed by atoms with E-state index >= 15 is 0 Å². The van der Waals surface area contributed by atoms with Crippen LogP contribution in [0.2, 0.25) is 0 Å². The summed E-state index contributed by atoms with van der Waals surface area (Å²) in [5.74, 6) is 0. The van der Waals surface area contributed by atoms with Crippen molar-refractivity contribution in [3.05, 3.63) is 35.4 Å². The number of benzene rings is 1. The maximum absolute atomic E-state index is 5.87. The number of nitrogens with zero attached hydrogens (tertiary/aromatic N) is 2. The van der Waals surface area contributed by atoms with Gasteiger partial charge in [0.05, 0.1) is 28.9 Å². The third-order valence-electron chi connectivity index (χ3n) is 4.17. The fraction of sp³-hybridized carbons (Fsp3) is 0.704. The molecule has 0 spiro atoms. The molecule has 0 atom stereocenters. The number of aliphatic imine (C=N–C) groups is 2. The van der Waals surface area contributed by atoms with Crippen LogP contribution in [0.25, 0.3) is 0 Å². The van der Waals surface area contributed by atoms with Crippen LogP contribution in [-0.4, -0.2) is 47.9 Å². The van der Waals surface area contributed by atoms with E-state index < -0.39 is 0 Å². The molecule has 0 fully saturated rings. The highest BCUT2D eigenvalue weighted by molar-refractivity contribution is 5.84. The first-order valence-electron chi connectivity index (χ1n) is 11.6. The van der Waals surface area contributed by atoms with Crippen LogP contribution in [0.3, 0.4) is 0 Å². The number of rotatable bonds is 9. The van der Waals surface area contributed by atoms with Crippen LogP contribution < -0.4 is 0 Å². The van der Waals surface area contributed by atoms with Crippen molar-refractivity contribution in [2.24, 2.45) is 9.98 Å². The van der Waals surface area contributed by atoms with E-state index in [1.165, 1.54) is 0 Å². The molecule has 0 radical (unpaired) electrons. The van der Waals surface area contributed by atoms with Crippen molar-refractivity contribution in [3.8, 4) is 0 Å². The third-order valence-corrected chi connectivity index (χ3v) is 4.17. The Morgan fingerprint density at radius 3 is 1.42 bits per heavy atom. The van der Waals surface area contributed by atoms with Gasteiger partial charge in [0, 0.05) is 19.0 Å². The highest BCUT2D eigenvalue weighted by Gasteiger charge is 2.20. The molecule has 0 heterocycles. The fourth-order valence-corrected chi connectivity index (χ4v) is 2.27. The van der Waals surface area contributed by atoms with Crippen LogP contribution in [-0.2, 0) is 9.47 Å². The van der Waals surface area contributed by atoms with Crippen LogP contribution >= 0.6 is 0 Å². The SMILES string of the molecule is CC.CC(C)(CCOC(C)(C)C)N=Cc1ccc(C=NC(C)(C)COC(C)(C)C)cc1. The van der Waals surface area contributed by atoms with E-state index in [0.717, 1.165) is 17.5 Å². The standard InChI is InChI=1S/C25H42N2O2.C2H6/c1-22(2,3)28-16-15-24(7,8)26-17-20-11-13-21(14-12-20)18-27-25(9,10)19-29-23(4,5)6;1-2/h11-14,17-18H,15-16,19H2,1-10H3;1-2H3. The summed E-state index contributed by atoms with van der Waals surface area (Å²) in [7, 11) is 0. The zero-order chi connectivity index (χ0) is 24.3. The van der Waals surface area contributed by atoms with Crippen LogP contribution in [0.5, 0.6) is 0 Å². The van der Waals surface area contributed by atoms with Gasteiger partial charge in [-0.15, -0.1) is 0 Å². The first kappa shape index (κ1) is 29.5. The predicted molar refractivity (Wildman–Crippen MR) is 137 cm³/mol. The summed E-state index contributed by atoms with van der Waals surface area (Å²) in [4.78, 5) is 9.45. The molecule has 0 bridgehead atoms. The zero-order valence-corrected chi connectivity index (χ0v) is 22.3. The average Bonchev–Trinajstić information content (AvgIpc) is 2.64. The lowest BCUT2D eigenvalue weighted by molar-refractivity contribution is -0.0225. The van der Waals surface area contributed by atoms with Gasteiger partial charge in [0.15, 0.2) is 0 Å². The highest BCUT2D eigenvalue weighted by atomic mass is 16.5. The number of hydrogen-bond donors (Lipinski definition) is 0. The van der Waals surface area contributed by atoms with Crippen molar-refractivity contribution in [2.75, 3.05) is 13.2 Å². The Labute approximate surface area is 192 Å². The summed E-state index contributed by atoms with van der Waals surface area (Å²) in [6.07, 6.45) is 4.75. The number of hydrogen-bond acceptors (Lipinski definition) is 4. The lowest BCUT2D eigenvalue weighted by atomic mass is 10.0. The van der Waals surface area contributed by atoms with Gasteiger partial charge in [-0.1, -0.05) is 38.1 Å². The molecule has 0 aromatic heterocycles. The first-order valence-corrected chi connectivity index (χ1v) is 11.6. The Bertz CT molecular complexity index is 673. The molecule has 0 aliphatic heterocycles. The molecule has 0 unspecified atom stereocenters. The van der Waals surface area contributed by atoms with Crippen LogP contribution in [0.4, 0.5) is 0 Å². The minimum atomic E-state index is -0.257. The van der Waals surface area contributed by atoms with Crippen molar-refractivity contribution < 1.29 is 9.47 Å². The van der Waals surface area contributed by atoms with Gasteiger partial charge >= 0.3 is 0 Å². The summed E-state index contributed by atoms with van der Waals surface area (Å²) in [6.45, 7) is 26.2. The summed E-state index contributed by atoms with van der Waals surface area (Å²) in [6, 6.07) is 8.29. The Balaban J connectivity index is 0.00000436. The van der Waals surface area contributed by atoms with Gasteiger partial charge in [-0.2, -0.15) is 0 Å². The molecule has 0 N–H and O–H groups in total. The smallest absolute Gasteiger partial charge is 0.0785 e. The Hall–Kier alpha value is -1.52. The van der Waals surface area contributed by atoms with Crippen molar-refractivity contribution in [3.63, 3.8) is 0 Å². The maximum atomic E-state index is 5.87. The van der Waals surface area contributed by atoms with Gasteiger partial charge in [0.2, 0.25) is 0 Å². The Morgan fingerprint density at radius 2 is 1.03 bits per heavy atom. The van der Waals surface area contributed by atoms with Gasteiger partial charge < -0.3 is 9.47 Å².